The maximum absolute atomic E-state index is 8.94. The van der Waals surface area contributed by atoms with Crippen molar-refractivity contribution in [2.75, 3.05) is 11.9 Å². The topological polar surface area (TPSA) is 74.5 Å². The van der Waals surface area contributed by atoms with E-state index in [1.807, 2.05) is 18.2 Å². The van der Waals surface area contributed by atoms with Gasteiger partial charge < -0.3 is 5.32 Å². The van der Waals surface area contributed by atoms with Gasteiger partial charge in [-0.3, -0.25) is 4.98 Å². The summed E-state index contributed by atoms with van der Waals surface area (Å²) in [6, 6.07) is 7.88. The highest BCUT2D eigenvalue weighted by Crippen LogP contribution is 2.09. The Morgan fingerprint density at radius 1 is 1.33 bits per heavy atom. The zero-order chi connectivity index (χ0) is 12.8. The molecule has 5 heteroatoms. The lowest BCUT2D eigenvalue weighted by molar-refractivity contribution is 0.941. The van der Waals surface area contributed by atoms with Crippen molar-refractivity contribution in [3.8, 4) is 6.07 Å². The molecule has 0 bridgehead atoms. The molecule has 0 fully saturated rings. The van der Waals surface area contributed by atoms with Crippen LogP contribution in [0.4, 0.5) is 5.82 Å². The number of rotatable bonds is 4. The Bertz CT molecular complexity index is 559. The summed E-state index contributed by atoms with van der Waals surface area (Å²) in [4.78, 5) is 12.4. The van der Waals surface area contributed by atoms with Crippen molar-refractivity contribution in [2.45, 2.75) is 13.3 Å². The summed E-state index contributed by atoms with van der Waals surface area (Å²) in [6.45, 7) is 2.48. The van der Waals surface area contributed by atoms with Crippen LogP contribution in [-0.4, -0.2) is 21.5 Å². The van der Waals surface area contributed by atoms with Gasteiger partial charge in [-0.2, -0.15) is 5.26 Å². The van der Waals surface area contributed by atoms with Gasteiger partial charge in [-0.15, -0.1) is 0 Å². The van der Waals surface area contributed by atoms with E-state index in [1.54, 1.807) is 13.1 Å². The lowest BCUT2D eigenvalue weighted by atomic mass is 10.2. The molecule has 0 saturated carbocycles. The summed E-state index contributed by atoms with van der Waals surface area (Å²) < 4.78 is 0. The Labute approximate surface area is 106 Å². The van der Waals surface area contributed by atoms with E-state index in [2.05, 4.69) is 26.3 Å². The predicted molar refractivity (Wildman–Crippen MR) is 67.9 cm³/mol. The van der Waals surface area contributed by atoms with Gasteiger partial charge in [-0.25, -0.2) is 9.97 Å². The van der Waals surface area contributed by atoms with E-state index in [0.717, 1.165) is 12.1 Å². The van der Waals surface area contributed by atoms with E-state index >= 15 is 0 Å². The van der Waals surface area contributed by atoms with Gasteiger partial charge in [0.2, 0.25) is 0 Å². The largest absolute Gasteiger partial charge is 0.368 e. The van der Waals surface area contributed by atoms with E-state index < -0.39 is 0 Å². The monoisotopic (exact) mass is 239 g/mol. The number of aromatic nitrogens is 3. The highest BCUT2D eigenvalue weighted by atomic mass is 15.0. The molecule has 0 aliphatic heterocycles. The smallest absolute Gasteiger partial charge is 0.147 e. The van der Waals surface area contributed by atoms with Crippen molar-refractivity contribution in [3.05, 3.63) is 47.7 Å². The Balaban J connectivity index is 1.98. The van der Waals surface area contributed by atoms with Gasteiger partial charge in [-0.1, -0.05) is 6.07 Å². The molecule has 0 unspecified atom stereocenters. The van der Waals surface area contributed by atoms with Crippen LogP contribution in [0.1, 0.15) is 17.1 Å². The van der Waals surface area contributed by atoms with Crippen LogP contribution in [0, 0.1) is 18.3 Å². The van der Waals surface area contributed by atoms with Gasteiger partial charge in [0, 0.05) is 24.9 Å². The quantitative estimate of drug-likeness (QED) is 0.879. The van der Waals surface area contributed by atoms with Crippen LogP contribution < -0.4 is 5.32 Å². The van der Waals surface area contributed by atoms with Crippen molar-refractivity contribution in [3.63, 3.8) is 0 Å². The maximum atomic E-state index is 8.94. The van der Waals surface area contributed by atoms with Crippen LogP contribution in [0.2, 0.25) is 0 Å². The van der Waals surface area contributed by atoms with Gasteiger partial charge in [0.1, 0.15) is 23.3 Å². The molecular formula is C13H13N5. The van der Waals surface area contributed by atoms with Crippen molar-refractivity contribution >= 4 is 5.82 Å². The summed E-state index contributed by atoms with van der Waals surface area (Å²) >= 11 is 0. The molecule has 0 atom stereocenters. The average molecular weight is 239 g/mol. The Kier molecular flexibility index (Phi) is 3.82. The molecule has 2 aromatic heterocycles. The summed E-state index contributed by atoms with van der Waals surface area (Å²) in [5.74, 6) is 1.23. The lowest BCUT2D eigenvalue weighted by Crippen LogP contribution is -2.09. The van der Waals surface area contributed by atoms with Crippen LogP contribution in [0.5, 0.6) is 0 Å². The van der Waals surface area contributed by atoms with Crippen LogP contribution >= 0.6 is 0 Å². The third-order valence-electron chi connectivity index (χ3n) is 2.43. The number of nitriles is 1. The van der Waals surface area contributed by atoms with Crippen molar-refractivity contribution in [1.82, 2.24) is 15.0 Å². The van der Waals surface area contributed by atoms with Crippen molar-refractivity contribution in [1.29, 1.82) is 5.26 Å². The fourth-order valence-electron chi connectivity index (χ4n) is 1.54. The molecule has 90 valence electrons. The first kappa shape index (κ1) is 12.0. The van der Waals surface area contributed by atoms with Crippen molar-refractivity contribution < 1.29 is 0 Å². The first-order chi connectivity index (χ1) is 8.79. The zero-order valence-corrected chi connectivity index (χ0v) is 10.1. The van der Waals surface area contributed by atoms with E-state index in [-0.39, 0.29) is 0 Å². The van der Waals surface area contributed by atoms with Crippen LogP contribution in [0.3, 0.4) is 0 Å². The lowest BCUT2D eigenvalue weighted by Gasteiger charge is -2.07. The van der Waals surface area contributed by atoms with Gasteiger partial charge in [-0.05, 0) is 19.1 Å². The Morgan fingerprint density at radius 2 is 2.22 bits per heavy atom. The van der Waals surface area contributed by atoms with E-state index in [9.17, 15) is 0 Å². The third kappa shape index (κ3) is 3.01. The third-order valence-corrected chi connectivity index (χ3v) is 2.43. The molecule has 18 heavy (non-hydrogen) atoms. The predicted octanol–water partition coefficient (Wildman–Crippen LogP) is 1.71. The fourth-order valence-corrected chi connectivity index (χ4v) is 1.54. The molecule has 1 N–H and O–H groups in total. The number of pyridine rings is 1. The van der Waals surface area contributed by atoms with E-state index in [0.29, 0.717) is 23.8 Å². The second-order valence-electron chi connectivity index (χ2n) is 3.79. The molecule has 0 aliphatic carbocycles. The first-order valence-corrected chi connectivity index (χ1v) is 5.67. The van der Waals surface area contributed by atoms with Crippen molar-refractivity contribution in [2.24, 2.45) is 0 Å². The van der Waals surface area contributed by atoms with Gasteiger partial charge in [0.05, 0.1) is 6.20 Å². The molecule has 2 heterocycles. The normalized spacial score (nSPS) is 9.78. The molecule has 2 aromatic rings. The average Bonchev–Trinajstić information content (AvgIpc) is 2.40. The van der Waals surface area contributed by atoms with Gasteiger partial charge >= 0.3 is 0 Å². The zero-order valence-electron chi connectivity index (χ0n) is 10.1. The van der Waals surface area contributed by atoms with E-state index in [4.69, 9.17) is 5.26 Å². The number of anilines is 1. The van der Waals surface area contributed by atoms with Gasteiger partial charge in [0.25, 0.3) is 0 Å². The molecule has 0 amide bonds. The molecule has 0 spiro atoms. The number of aryl methyl sites for hydroxylation is 1. The molecule has 5 nitrogen and oxygen atoms in total. The fraction of sp³-hybridized carbons (Fsp3) is 0.231. The second-order valence-corrected chi connectivity index (χ2v) is 3.79. The number of nitrogens with one attached hydrogen (secondary N) is 1. The molecule has 0 radical (unpaired) electrons. The Hall–Kier alpha value is -2.48. The number of nitrogens with zero attached hydrogens (tertiary/aromatic N) is 4. The molecule has 0 aromatic carbocycles. The highest BCUT2D eigenvalue weighted by Gasteiger charge is 2.04. The SMILES string of the molecule is Cc1ncc(C#N)c(NCCc2ccccn2)n1. The minimum Gasteiger partial charge on any atom is -0.368 e. The summed E-state index contributed by atoms with van der Waals surface area (Å²) in [6.07, 6.45) is 4.09. The highest BCUT2D eigenvalue weighted by molar-refractivity contribution is 5.50. The maximum Gasteiger partial charge on any atom is 0.147 e. The molecule has 0 aliphatic rings. The van der Waals surface area contributed by atoms with Gasteiger partial charge in [0.15, 0.2) is 0 Å². The second kappa shape index (κ2) is 5.73. The molecule has 0 saturated heterocycles. The summed E-state index contributed by atoms with van der Waals surface area (Å²) in [5.41, 5.74) is 1.47. The summed E-state index contributed by atoms with van der Waals surface area (Å²) in [5, 5.41) is 12.1. The molecule has 2 rings (SSSR count). The van der Waals surface area contributed by atoms with Crippen LogP contribution in [0.15, 0.2) is 30.6 Å². The minimum atomic E-state index is 0.460. The molecular weight excluding hydrogens is 226 g/mol. The van der Waals surface area contributed by atoms with Crippen LogP contribution in [-0.2, 0) is 6.42 Å². The Morgan fingerprint density at radius 3 is 2.94 bits per heavy atom. The van der Waals surface area contributed by atoms with E-state index in [1.165, 1.54) is 6.20 Å². The van der Waals surface area contributed by atoms with Crippen LogP contribution in [0.25, 0.3) is 0 Å². The number of hydrogen-bond acceptors (Lipinski definition) is 5. The standard InChI is InChI=1S/C13H13N5/c1-10-17-9-11(8-14)13(18-10)16-7-5-12-4-2-3-6-15-12/h2-4,6,9H,5,7H2,1H3,(H,16,17,18). The minimum absolute atomic E-state index is 0.460. The summed E-state index contributed by atoms with van der Waals surface area (Å²) in [7, 11) is 0. The number of hydrogen-bond donors (Lipinski definition) is 1. The first-order valence-electron chi connectivity index (χ1n) is 5.67.